The molecule has 8 heteroatoms. The van der Waals surface area contributed by atoms with Gasteiger partial charge in [0.2, 0.25) is 5.89 Å². The summed E-state index contributed by atoms with van der Waals surface area (Å²) in [5.41, 5.74) is 1.58. The zero-order valence-electron chi connectivity index (χ0n) is 13.7. The van der Waals surface area contributed by atoms with Gasteiger partial charge in [-0.25, -0.2) is 0 Å². The topological polar surface area (TPSA) is 77.8 Å². The van der Waals surface area contributed by atoms with Crippen LogP contribution in [0.3, 0.4) is 0 Å². The summed E-state index contributed by atoms with van der Waals surface area (Å²) in [5.74, 6) is 1.42. The van der Waals surface area contributed by atoms with Gasteiger partial charge < -0.3 is 8.94 Å². The molecule has 0 aliphatic carbocycles. The number of benzene rings is 2. The van der Waals surface area contributed by atoms with Crippen molar-refractivity contribution in [2.75, 3.05) is 0 Å². The summed E-state index contributed by atoms with van der Waals surface area (Å²) < 4.78 is 11.0. The van der Waals surface area contributed by atoms with Crippen molar-refractivity contribution in [3.05, 3.63) is 65.4 Å². The Kier molecular flexibility index (Phi) is 4.73. The lowest BCUT2D eigenvalue weighted by Crippen LogP contribution is -1.91. The van der Waals surface area contributed by atoms with Gasteiger partial charge in [0.25, 0.3) is 11.1 Å². The number of rotatable bonds is 5. The minimum Gasteiger partial charge on any atom is -0.411 e. The van der Waals surface area contributed by atoms with E-state index in [1.807, 2.05) is 55.5 Å². The van der Waals surface area contributed by atoms with Crippen LogP contribution in [0.1, 0.15) is 18.0 Å². The highest BCUT2D eigenvalue weighted by Gasteiger charge is 2.20. The highest BCUT2D eigenvalue weighted by Crippen LogP contribution is 2.35. The Morgan fingerprint density at radius 2 is 1.73 bits per heavy atom. The maximum absolute atomic E-state index is 6.16. The fourth-order valence-corrected chi connectivity index (χ4v) is 3.24. The summed E-state index contributed by atoms with van der Waals surface area (Å²) in [6.07, 6.45) is 0. The second-order valence-corrected chi connectivity index (χ2v) is 7.14. The van der Waals surface area contributed by atoms with Crippen molar-refractivity contribution < 1.29 is 8.94 Å². The van der Waals surface area contributed by atoms with E-state index in [1.165, 1.54) is 11.8 Å². The summed E-state index contributed by atoms with van der Waals surface area (Å²) >= 11 is 7.52. The van der Waals surface area contributed by atoms with Gasteiger partial charge in [-0.05, 0) is 31.2 Å². The van der Waals surface area contributed by atoms with E-state index >= 15 is 0 Å². The Morgan fingerprint density at radius 1 is 0.962 bits per heavy atom. The van der Waals surface area contributed by atoms with E-state index in [0.717, 1.165) is 5.56 Å². The first-order valence-electron chi connectivity index (χ1n) is 7.85. The molecule has 0 N–H and O–H groups in total. The summed E-state index contributed by atoms with van der Waals surface area (Å²) in [6.45, 7) is 1.95. The number of hydrogen-bond donors (Lipinski definition) is 0. The third-order valence-corrected chi connectivity index (χ3v) is 4.87. The average molecular weight is 385 g/mol. The standard InChI is InChI=1S/C18H13ClN4O2S/c1-11(15-20-16(25-23-15)12-7-3-2-4-8-12)26-18-22-21-17(24-18)13-9-5-6-10-14(13)19/h2-11H,1H3. The maximum Gasteiger partial charge on any atom is 0.277 e. The summed E-state index contributed by atoms with van der Waals surface area (Å²) in [5, 5.41) is 13.0. The lowest BCUT2D eigenvalue weighted by molar-refractivity contribution is 0.422. The minimum atomic E-state index is -0.115. The van der Waals surface area contributed by atoms with Crippen LogP contribution < -0.4 is 0 Å². The van der Waals surface area contributed by atoms with Crippen LogP contribution >= 0.6 is 23.4 Å². The molecule has 0 radical (unpaired) electrons. The highest BCUT2D eigenvalue weighted by atomic mass is 35.5. The predicted molar refractivity (Wildman–Crippen MR) is 98.8 cm³/mol. The van der Waals surface area contributed by atoms with Crippen LogP contribution in [0.4, 0.5) is 0 Å². The molecule has 0 saturated carbocycles. The number of halogens is 1. The van der Waals surface area contributed by atoms with Gasteiger partial charge in [0.1, 0.15) is 0 Å². The third kappa shape index (κ3) is 3.49. The molecule has 26 heavy (non-hydrogen) atoms. The molecule has 0 bridgehead atoms. The van der Waals surface area contributed by atoms with Crippen molar-refractivity contribution in [1.82, 2.24) is 20.3 Å². The molecule has 0 aliphatic heterocycles. The predicted octanol–water partition coefficient (Wildman–Crippen LogP) is 5.29. The van der Waals surface area contributed by atoms with E-state index in [0.29, 0.717) is 33.4 Å². The first-order chi connectivity index (χ1) is 12.7. The molecule has 130 valence electrons. The van der Waals surface area contributed by atoms with Gasteiger partial charge in [-0.1, -0.05) is 58.9 Å². The van der Waals surface area contributed by atoms with Crippen molar-refractivity contribution in [3.8, 4) is 22.9 Å². The van der Waals surface area contributed by atoms with Gasteiger partial charge in [-0.15, -0.1) is 10.2 Å². The lowest BCUT2D eigenvalue weighted by Gasteiger charge is -2.01. The molecule has 4 rings (SSSR count). The largest absolute Gasteiger partial charge is 0.411 e. The van der Waals surface area contributed by atoms with Crippen molar-refractivity contribution in [2.24, 2.45) is 0 Å². The second kappa shape index (κ2) is 7.31. The van der Waals surface area contributed by atoms with E-state index in [2.05, 4.69) is 20.3 Å². The Labute approximate surface area is 158 Å². The average Bonchev–Trinajstić information content (AvgIpc) is 3.33. The molecule has 1 unspecified atom stereocenters. The van der Waals surface area contributed by atoms with Gasteiger partial charge in [-0.2, -0.15) is 4.98 Å². The second-order valence-electron chi connectivity index (χ2n) is 5.44. The summed E-state index contributed by atoms with van der Waals surface area (Å²) in [7, 11) is 0. The molecule has 0 saturated heterocycles. The van der Waals surface area contributed by atoms with E-state index < -0.39 is 0 Å². The van der Waals surface area contributed by atoms with E-state index in [4.69, 9.17) is 20.5 Å². The molecule has 2 aromatic heterocycles. The van der Waals surface area contributed by atoms with E-state index in [9.17, 15) is 0 Å². The zero-order valence-corrected chi connectivity index (χ0v) is 15.2. The monoisotopic (exact) mass is 384 g/mol. The van der Waals surface area contributed by atoms with Gasteiger partial charge in [0.15, 0.2) is 5.82 Å². The fourth-order valence-electron chi connectivity index (χ4n) is 2.30. The molecule has 4 aromatic rings. The van der Waals surface area contributed by atoms with Crippen LogP contribution in [0.15, 0.2) is 68.8 Å². The van der Waals surface area contributed by atoms with Crippen LogP contribution in [-0.2, 0) is 0 Å². The number of nitrogens with zero attached hydrogens (tertiary/aromatic N) is 4. The van der Waals surface area contributed by atoms with Crippen LogP contribution in [-0.4, -0.2) is 20.3 Å². The van der Waals surface area contributed by atoms with Gasteiger partial charge >= 0.3 is 0 Å². The molecule has 1 atom stereocenters. The first kappa shape index (κ1) is 16.8. The number of aromatic nitrogens is 4. The maximum atomic E-state index is 6.16. The first-order valence-corrected chi connectivity index (χ1v) is 9.10. The van der Waals surface area contributed by atoms with Crippen LogP contribution in [0.5, 0.6) is 0 Å². The van der Waals surface area contributed by atoms with E-state index in [-0.39, 0.29) is 5.25 Å². The van der Waals surface area contributed by atoms with Gasteiger partial charge in [0, 0.05) is 5.56 Å². The Hall–Kier alpha value is -2.64. The molecule has 2 heterocycles. The zero-order chi connectivity index (χ0) is 17.9. The van der Waals surface area contributed by atoms with Crippen LogP contribution in [0, 0.1) is 0 Å². The quantitative estimate of drug-likeness (QED) is 0.432. The van der Waals surface area contributed by atoms with E-state index in [1.54, 1.807) is 6.07 Å². The van der Waals surface area contributed by atoms with Crippen molar-refractivity contribution in [1.29, 1.82) is 0 Å². The van der Waals surface area contributed by atoms with Crippen molar-refractivity contribution >= 4 is 23.4 Å². The Morgan fingerprint density at radius 3 is 2.54 bits per heavy atom. The molecule has 0 spiro atoms. The van der Waals surface area contributed by atoms with Crippen LogP contribution in [0.2, 0.25) is 5.02 Å². The highest BCUT2D eigenvalue weighted by molar-refractivity contribution is 7.99. The molecule has 2 aromatic carbocycles. The van der Waals surface area contributed by atoms with Gasteiger partial charge in [-0.3, -0.25) is 0 Å². The van der Waals surface area contributed by atoms with Gasteiger partial charge in [0.05, 0.1) is 15.8 Å². The Balaban J connectivity index is 1.50. The molecule has 0 aliphatic rings. The molecular formula is C18H13ClN4O2S. The number of hydrogen-bond acceptors (Lipinski definition) is 7. The summed E-state index contributed by atoms with van der Waals surface area (Å²) in [4.78, 5) is 4.45. The summed E-state index contributed by atoms with van der Waals surface area (Å²) in [6, 6.07) is 16.9. The SMILES string of the molecule is CC(Sc1nnc(-c2ccccc2Cl)o1)c1noc(-c2ccccc2)n1. The fraction of sp³-hybridized carbons (Fsp3) is 0.111. The molecular weight excluding hydrogens is 372 g/mol. The Bertz CT molecular complexity index is 1020. The van der Waals surface area contributed by atoms with Crippen molar-refractivity contribution in [2.45, 2.75) is 17.4 Å². The molecule has 0 fully saturated rings. The van der Waals surface area contributed by atoms with Crippen molar-refractivity contribution in [3.63, 3.8) is 0 Å². The third-order valence-electron chi connectivity index (χ3n) is 3.61. The smallest absolute Gasteiger partial charge is 0.277 e. The lowest BCUT2D eigenvalue weighted by atomic mass is 10.2. The van der Waals surface area contributed by atoms with Crippen LogP contribution in [0.25, 0.3) is 22.9 Å². The molecule has 6 nitrogen and oxygen atoms in total. The minimum absolute atomic E-state index is 0.115. The molecule has 0 amide bonds. The number of thioether (sulfide) groups is 1. The normalized spacial score (nSPS) is 12.2.